The van der Waals surface area contributed by atoms with Crippen molar-refractivity contribution in [1.29, 1.82) is 0 Å². The average molecular weight is 245 g/mol. The van der Waals surface area contributed by atoms with E-state index >= 15 is 0 Å². The topological polar surface area (TPSA) is 99.6 Å². The summed E-state index contributed by atoms with van der Waals surface area (Å²) in [4.78, 5) is 34.5. The second kappa shape index (κ2) is 3.19. The maximum Gasteiger partial charge on any atom is 0.348 e. The van der Waals surface area contributed by atoms with Gasteiger partial charge in [-0.3, -0.25) is 9.59 Å². The fourth-order valence-corrected chi connectivity index (χ4v) is 2.07. The van der Waals surface area contributed by atoms with Gasteiger partial charge in [0.05, 0.1) is 17.9 Å². The molecule has 0 saturated carbocycles. The van der Waals surface area contributed by atoms with Crippen molar-refractivity contribution in [3.05, 3.63) is 43.0 Å². The number of hydrogen-bond donors (Lipinski definition) is 1. The highest BCUT2D eigenvalue weighted by molar-refractivity contribution is 6.13. The summed E-state index contributed by atoms with van der Waals surface area (Å²) in [5, 5.41) is 0.0589. The van der Waals surface area contributed by atoms with Crippen LogP contribution in [-0.4, -0.2) is 7.11 Å². The molecule has 18 heavy (non-hydrogen) atoms. The second-order valence-electron chi connectivity index (χ2n) is 3.86. The van der Waals surface area contributed by atoms with Crippen molar-refractivity contribution < 1.29 is 9.15 Å². The van der Waals surface area contributed by atoms with E-state index in [1.165, 1.54) is 19.2 Å². The molecule has 90 valence electrons. The van der Waals surface area contributed by atoms with E-state index in [-0.39, 0.29) is 33.2 Å². The van der Waals surface area contributed by atoms with E-state index < -0.39 is 16.5 Å². The zero-order valence-corrected chi connectivity index (χ0v) is 9.27. The van der Waals surface area contributed by atoms with Crippen LogP contribution in [0, 0.1) is 0 Å². The Balaban J connectivity index is 2.73. The van der Waals surface area contributed by atoms with E-state index in [1.807, 2.05) is 0 Å². The molecule has 0 aliphatic heterocycles. The van der Waals surface area contributed by atoms with Crippen molar-refractivity contribution in [3.63, 3.8) is 0 Å². The Bertz CT molecular complexity index is 928. The lowest BCUT2D eigenvalue weighted by Gasteiger charge is -2.09. The highest BCUT2D eigenvalue weighted by Crippen LogP contribution is 2.32. The summed E-state index contributed by atoms with van der Waals surface area (Å²) in [6.07, 6.45) is 0. The predicted molar refractivity (Wildman–Crippen MR) is 65.9 cm³/mol. The Kier molecular flexibility index (Phi) is 1.87. The van der Waals surface area contributed by atoms with Gasteiger partial charge in [0.2, 0.25) is 10.9 Å². The van der Waals surface area contributed by atoms with Crippen molar-refractivity contribution in [3.8, 4) is 5.75 Å². The molecule has 2 aromatic carbocycles. The van der Waals surface area contributed by atoms with Gasteiger partial charge in [0, 0.05) is 5.69 Å². The number of hydrogen-bond acceptors (Lipinski definition) is 6. The van der Waals surface area contributed by atoms with Gasteiger partial charge in [-0.25, -0.2) is 4.79 Å². The van der Waals surface area contributed by atoms with Crippen molar-refractivity contribution >= 4 is 27.4 Å². The van der Waals surface area contributed by atoms with E-state index in [9.17, 15) is 14.4 Å². The number of nitrogens with two attached hydrogens (primary N) is 1. The first-order chi connectivity index (χ1) is 8.56. The molecular formula is C12H7NO5. The monoisotopic (exact) mass is 245 g/mol. The minimum Gasteiger partial charge on any atom is -0.493 e. The Morgan fingerprint density at radius 1 is 1.06 bits per heavy atom. The van der Waals surface area contributed by atoms with Crippen LogP contribution in [0.4, 0.5) is 5.69 Å². The highest BCUT2D eigenvalue weighted by atomic mass is 16.5. The van der Waals surface area contributed by atoms with E-state index in [1.54, 1.807) is 0 Å². The van der Waals surface area contributed by atoms with Crippen LogP contribution >= 0.6 is 0 Å². The molecule has 6 heteroatoms. The summed E-state index contributed by atoms with van der Waals surface area (Å²) in [7, 11) is 1.40. The Labute approximate surface area is 98.9 Å². The summed E-state index contributed by atoms with van der Waals surface area (Å²) in [5.41, 5.74) is 3.71. The summed E-state index contributed by atoms with van der Waals surface area (Å²) in [5.74, 6) is 0.284. The molecule has 3 rings (SSSR count). The maximum absolute atomic E-state index is 11.6. The van der Waals surface area contributed by atoms with Crippen LogP contribution in [0.2, 0.25) is 0 Å². The van der Waals surface area contributed by atoms with Crippen molar-refractivity contribution in [2.24, 2.45) is 0 Å². The second-order valence-corrected chi connectivity index (χ2v) is 3.86. The van der Waals surface area contributed by atoms with Crippen LogP contribution < -0.4 is 27.0 Å². The lowest BCUT2D eigenvalue weighted by molar-refractivity contribution is 0.407. The molecule has 0 saturated heterocycles. The fourth-order valence-electron chi connectivity index (χ4n) is 2.07. The van der Waals surface area contributed by atoms with Crippen molar-refractivity contribution in [2.75, 3.05) is 12.8 Å². The normalized spacial score (nSPS) is 11.4. The van der Waals surface area contributed by atoms with Crippen LogP contribution in [0.25, 0.3) is 21.7 Å². The minimum absolute atomic E-state index is 0.0302. The average Bonchev–Trinajstić information content (AvgIpc) is 2.37. The zero-order valence-electron chi connectivity index (χ0n) is 9.27. The molecule has 1 aromatic heterocycles. The van der Waals surface area contributed by atoms with Crippen LogP contribution in [0.1, 0.15) is 0 Å². The smallest absolute Gasteiger partial charge is 0.348 e. The van der Waals surface area contributed by atoms with E-state index in [0.29, 0.717) is 0 Å². The third kappa shape index (κ3) is 1.04. The third-order valence-corrected chi connectivity index (χ3v) is 2.93. The van der Waals surface area contributed by atoms with Crippen molar-refractivity contribution in [1.82, 2.24) is 0 Å². The first-order valence-electron chi connectivity index (χ1n) is 5.08. The molecule has 0 atom stereocenters. The summed E-state index contributed by atoms with van der Waals surface area (Å²) < 4.78 is 10.0. The molecule has 0 bridgehead atoms. The standard InChI is InChI=1S/C12H7NO5/c1-17-5-3-2-4(13)6-7-8(10(15)9(7)14)12(16)18-11(5)6/h2-3H,13H2,1H3. The van der Waals surface area contributed by atoms with Gasteiger partial charge in [-0.15, -0.1) is 0 Å². The number of fused-ring (bicyclic) bond motifs is 3. The first-order valence-corrected chi connectivity index (χ1v) is 5.08. The molecular weight excluding hydrogens is 238 g/mol. The molecule has 0 spiro atoms. The molecule has 0 unspecified atom stereocenters. The maximum atomic E-state index is 11.6. The molecule has 3 aromatic rings. The van der Waals surface area contributed by atoms with Gasteiger partial charge in [0.1, 0.15) is 5.39 Å². The summed E-state index contributed by atoms with van der Waals surface area (Å²) >= 11 is 0. The summed E-state index contributed by atoms with van der Waals surface area (Å²) in [6, 6.07) is 3.05. The molecule has 0 aliphatic rings. The van der Waals surface area contributed by atoms with E-state index in [2.05, 4.69) is 0 Å². The third-order valence-electron chi connectivity index (χ3n) is 2.93. The SMILES string of the molecule is COc1ccc(N)c2c1oc(=O)c1c(=O)c(=O)c12. The van der Waals surface area contributed by atoms with Gasteiger partial charge in [-0.05, 0) is 12.1 Å². The van der Waals surface area contributed by atoms with Gasteiger partial charge in [0.25, 0.3) is 0 Å². The number of anilines is 1. The van der Waals surface area contributed by atoms with E-state index in [4.69, 9.17) is 14.9 Å². The molecule has 0 amide bonds. The largest absolute Gasteiger partial charge is 0.493 e. The van der Waals surface area contributed by atoms with Gasteiger partial charge in [-0.2, -0.15) is 0 Å². The Hall–Kier alpha value is -2.63. The number of methoxy groups -OCH3 is 1. The molecule has 2 N–H and O–H groups in total. The van der Waals surface area contributed by atoms with Gasteiger partial charge in [0.15, 0.2) is 11.3 Å². The molecule has 0 aliphatic carbocycles. The number of ether oxygens (including phenoxy) is 1. The van der Waals surface area contributed by atoms with Crippen molar-refractivity contribution in [2.45, 2.75) is 0 Å². The molecule has 0 radical (unpaired) electrons. The van der Waals surface area contributed by atoms with Crippen LogP contribution in [0.5, 0.6) is 5.75 Å². The first kappa shape index (κ1) is 10.5. The van der Waals surface area contributed by atoms with Gasteiger partial charge >= 0.3 is 5.63 Å². The van der Waals surface area contributed by atoms with Gasteiger partial charge < -0.3 is 14.9 Å². The molecule has 1 heterocycles. The molecule has 0 fully saturated rings. The lowest BCUT2D eigenvalue weighted by atomic mass is 10.0. The number of benzene rings is 1. The van der Waals surface area contributed by atoms with Gasteiger partial charge in [-0.1, -0.05) is 0 Å². The molecule has 6 nitrogen and oxygen atoms in total. The van der Waals surface area contributed by atoms with E-state index in [0.717, 1.165) is 0 Å². The number of nitrogen functional groups attached to an aromatic ring is 1. The lowest BCUT2D eigenvalue weighted by Crippen LogP contribution is -2.35. The fraction of sp³-hybridized carbons (Fsp3) is 0.0833. The van der Waals surface area contributed by atoms with Crippen LogP contribution in [-0.2, 0) is 0 Å². The quantitative estimate of drug-likeness (QED) is 0.371. The highest BCUT2D eigenvalue weighted by Gasteiger charge is 2.23. The zero-order chi connectivity index (χ0) is 13.0. The number of rotatable bonds is 1. The predicted octanol–water partition coefficient (Wildman–Crippen LogP) is 0.133. The summed E-state index contributed by atoms with van der Waals surface area (Å²) in [6.45, 7) is 0. The van der Waals surface area contributed by atoms with Crippen LogP contribution in [0.3, 0.4) is 0 Å². The minimum atomic E-state index is -0.842. The van der Waals surface area contributed by atoms with Crippen LogP contribution in [0.15, 0.2) is 30.9 Å². The Morgan fingerprint density at radius 2 is 1.72 bits per heavy atom. The Morgan fingerprint density at radius 3 is 2.39 bits per heavy atom.